The van der Waals surface area contributed by atoms with Gasteiger partial charge in [-0.15, -0.1) is 0 Å². The van der Waals surface area contributed by atoms with Crippen LogP contribution in [-0.2, 0) is 21.4 Å². The molecule has 0 radical (unpaired) electrons. The first-order valence-corrected chi connectivity index (χ1v) is 11.1. The van der Waals surface area contributed by atoms with Crippen molar-refractivity contribution in [2.24, 2.45) is 0 Å². The maximum atomic E-state index is 13.2. The van der Waals surface area contributed by atoms with Gasteiger partial charge in [0.05, 0.1) is 26.2 Å². The quantitative estimate of drug-likeness (QED) is 0.623. The zero-order chi connectivity index (χ0) is 21.6. The Bertz CT molecular complexity index is 911. The lowest BCUT2D eigenvalue weighted by Crippen LogP contribution is -2.49. The molecule has 0 aliphatic carbocycles. The fraction of sp³-hybridized carbons (Fsp3) is 0.381. The van der Waals surface area contributed by atoms with Gasteiger partial charge in [-0.2, -0.15) is 0 Å². The van der Waals surface area contributed by atoms with E-state index in [0.717, 1.165) is 17.6 Å². The summed E-state index contributed by atoms with van der Waals surface area (Å²) in [6.45, 7) is 2.16. The number of sulfonamides is 1. The number of hydrogen-bond acceptors (Lipinski definition) is 5. The maximum absolute atomic E-state index is 13.2. The van der Waals surface area contributed by atoms with Gasteiger partial charge in [0.15, 0.2) is 0 Å². The largest absolute Gasteiger partial charge is 0.497 e. The van der Waals surface area contributed by atoms with Crippen molar-refractivity contribution < 1.29 is 22.7 Å². The zero-order valence-electron chi connectivity index (χ0n) is 17.5. The molecule has 0 heterocycles. The number of carbonyl (C=O) groups excluding carboxylic acids is 1. The molecule has 1 atom stereocenters. The van der Waals surface area contributed by atoms with Gasteiger partial charge in [0.1, 0.15) is 17.5 Å². The van der Waals surface area contributed by atoms with Gasteiger partial charge in [0.2, 0.25) is 15.9 Å². The van der Waals surface area contributed by atoms with Crippen LogP contribution >= 0.6 is 0 Å². The normalized spacial score (nSPS) is 12.2. The number of amides is 1. The van der Waals surface area contributed by atoms with Crippen LogP contribution < -0.4 is 13.8 Å². The zero-order valence-corrected chi connectivity index (χ0v) is 18.3. The number of hydrogen-bond donors (Lipinski definition) is 0. The molecule has 2 aromatic rings. The van der Waals surface area contributed by atoms with Crippen molar-refractivity contribution in [2.75, 3.05) is 31.8 Å². The molecule has 0 fully saturated rings. The molecule has 2 rings (SSSR count). The lowest BCUT2D eigenvalue weighted by Gasteiger charge is -2.33. The Morgan fingerprint density at radius 2 is 1.45 bits per heavy atom. The third kappa shape index (κ3) is 5.63. The molecular weight excluding hydrogens is 392 g/mol. The number of ether oxygens (including phenoxy) is 2. The fourth-order valence-corrected chi connectivity index (χ4v) is 4.32. The number of benzene rings is 2. The predicted octanol–water partition coefficient (Wildman–Crippen LogP) is 2.91. The molecule has 1 amide bonds. The van der Waals surface area contributed by atoms with E-state index in [9.17, 15) is 13.2 Å². The minimum absolute atomic E-state index is 0.274. The highest BCUT2D eigenvalue weighted by atomic mass is 32.2. The highest BCUT2D eigenvalue weighted by Crippen LogP contribution is 2.26. The second kappa shape index (κ2) is 9.65. The summed E-state index contributed by atoms with van der Waals surface area (Å²) >= 11 is 0. The van der Waals surface area contributed by atoms with E-state index in [-0.39, 0.29) is 5.91 Å². The number of nitrogens with zero attached hydrogens (tertiary/aromatic N) is 2. The molecule has 0 N–H and O–H groups in total. The highest BCUT2D eigenvalue weighted by molar-refractivity contribution is 7.92. The van der Waals surface area contributed by atoms with Gasteiger partial charge in [0, 0.05) is 13.6 Å². The van der Waals surface area contributed by atoms with Gasteiger partial charge in [-0.1, -0.05) is 19.1 Å². The van der Waals surface area contributed by atoms with Crippen LogP contribution in [0.25, 0.3) is 0 Å². The Kier molecular flexibility index (Phi) is 7.50. The van der Waals surface area contributed by atoms with Crippen LogP contribution in [-0.4, -0.2) is 52.8 Å². The molecule has 0 bridgehead atoms. The second-order valence-electron chi connectivity index (χ2n) is 6.72. The molecule has 8 heteroatoms. The maximum Gasteiger partial charge on any atom is 0.246 e. The topological polar surface area (TPSA) is 76.2 Å². The Hall–Kier alpha value is -2.74. The predicted molar refractivity (Wildman–Crippen MR) is 114 cm³/mol. The van der Waals surface area contributed by atoms with Crippen molar-refractivity contribution in [2.45, 2.75) is 25.9 Å². The Balaban J connectivity index is 2.28. The number of anilines is 1. The Morgan fingerprint density at radius 1 is 0.966 bits per heavy atom. The molecule has 0 aliphatic heterocycles. The minimum atomic E-state index is -3.68. The van der Waals surface area contributed by atoms with E-state index in [1.165, 1.54) is 16.3 Å². The van der Waals surface area contributed by atoms with E-state index in [1.54, 1.807) is 45.3 Å². The van der Waals surface area contributed by atoms with E-state index in [2.05, 4.69) is 0 Å². The van der Waals surface area contributed by atoms with Crippen molar-refractivity contribution in [3.63, 3.8) is 0 Å². The third-order valence-electron chi connectivity index (χ3n) is 4.59. The summed E-state index contributed by atoms with van der Waals surface area (Å²) in [5.74, 6) is 1.07. The summed E-state index contributed by atoms with van der Waals surface area (Å²) in [5, 5.41) is 0. The van der Waals surface area contributed by atoms with E-state index < -0.39 is 16.1 Å². The molecule has 2 aromatic carbocycles. The standard InChI is InChI=1S/C21H28N2O5S/c1-6-20(21(24)22(2)15-16-7-11-18(27-3)12-8-16)23(29(5,25)26)17-9-13-19(28-4)14-10-17/h7-14,20H,6,15H2,1-5H3/t20-/m0/s1. The summed E-state index contributed by atoms with van der Waals surface area (Å²) in [6.07, 6.45) is 1.45. The van der Waals surface area contributed by atoms with Crippen LogP contribution in [0.2, 0.25) is 0 Å². The van der Waals surface area contributed by atoms with E-state index >= 15 is 0 Å². The lowest BCUT2D eigenvalue weighted by molar-refractivity contribution is -0.131. The summed E-state index contributed by atoms with van der Waals surface area (Å²) in [4.78, 5) is 14.7. The molecule has 7 nitrogen and oxygen atoms in total. The molecule has 0 aromatic heterocycles. The van der Waals surface area contributed by atoms with Gasteiger partial charge < -0.3 is 14.4 Å². The van der Waals surface area contributed by atoms with Gasteiger partial charge in [0.25, 0.3) is 0 Å². The molecular formula is C21H28N2O5S. The summed E-state index contributed by atoms with van der Waals surface area (Å²) < 4.78 is 36.6. The Labute approximate surface area is 172 Å². The van der Waals surface area contributed by atoms with Crippen molar-refractivity contribution in [3.8, 4) is 11.5 Å². The summed E-state index contributed by atoms with van der Waals surface area (Å²) in [7, 11) is 1.12. The van der Waals surface area contributed by atoms with Crippen molar-refractivity contribution >= 4 is 21.6 Å². The molecule has 29 heavy (non-hydrogen) atoms. The number of rotatable bonds is 9. The van der Waals surface area contributed by atoms with E-state index in [0.29, 0.717) is 24.4 Å². The molecule has 158 valence electrons. The van der Waals surface area contributed by atoms with E-state index in [4.69, 9.17) is 9.47 Å². The van der Waals surface area contributed by atoms with Gasteiger partial charge in [-0.25, -0.2) is 8.42 Å². The first-order valence-electron chi connectivity index (χ1n) is 9.22. The Morgan fingerprint density at radius 3 is 1.86 bits per heavy atom. The average Bonchev–Trinajstić information content (AvgIpc) is 2.71. The fourth-order valence-electron chi connectivity index (χ4n) is 3.11. The first kappa shape index (κ1) is 22.5. The van der Waals surface area contributed by atoms with Crippen LogP contribution in [0.1, 0.15) is 18.9 Å². The van der Waals surface area contributed by atoms with Crippen molar-refractivity contribution in [3.05, 3.63) is 54.1 Å². The van der Waals surface area contributed by atoms with Crippen LogP contribution in [0.15, 0.2) is 48.5 Å². The molecule has 0 unspecified atom stereocenters. The third-order valence-corrected chi connectivity index (χ3v) is 5.77. The average molecular weight is 421 g/mol. The number of likely N-dealkylation sites (N-methyl/N-ethyl adjacent to an activating group) is 1. The smallest absolute Gasteiger partial charge is 0.246 e. The van der Waals surface area contributed by atoms with Crippen LogP contribution in [0, 0.1) is 0 Å². The van der Waals surface area contributed by atoms with Gasteiger partial charge in [-0.3, -0.25) is 9.10 Å². The number of carbonyl (C=O) groups is 1. The van der Waals surface area contributed by atoms with Crippen molar-refractivity contribution in [1.82, 2.24) is 4.90 Å². The first-order chi connectivity index (χ1) is 13.7. The van der Waals surface area contributed by atoms with E-state index in [1.807, 2.05) is 24.3 Å². The number of methoxy groups -OCH3 is 2. The van der Waals surface area contributed by atoms with Crippen molar-refractivity contribution in [1.29, 1.82) is 0 Å². The van der Waals surface area contributed by atoms with Crippen LogP contribution in [0.4, 0.5) is 5.69 Å². The second-order valence-corrected chi connectivity index (χ2v) is 8.58. The molecule has 0 spiro atoms. The minimum Gasteiger partial charge on any atom is -0.497 e. The molecule has 0 saturated carbocycles. The van der Waals surface area contributed by atoms with Gasteiger partial charge in [-0.05, 0) is 48.4 Å². The van der Waals surface area contributed by atoms with Gasteiger partial charge >= 0.3 is 0 Å². The lowest BCUT2D eigenvalue weighted by atomic mass is 10.1. The SMILES string of the molecule is CC[C@@H](C(=O)N(C)Cc1ccc(OC)cc1)N(c1ccc(OC)cc1)S(C)(=O)=O. The molecule has 0 saturated heterocycles. The highest BCUT2D eigenvalue weighted by Gasteiger charge is 2.33. The summed E-state index contributed by atoms with van der Waals surface area (Å²) in [5.41, 5.74) is 1.35. The monoisotopic (exact) mass is 420 g/mol. The van der Waals surface area contributed by atoms with Crippen LogP contribution in [0.3, 0.4) is 0 Å². The molecule has 0 aliphatic rings. The summed E-state index contributed by atoms with van der Waals surface area (Å²) in [6, 6.07) is 13.2. The van der Waals surface area contributed by atoms with Crippen LogP contribution in [0.5, 0.6) is 11.5 Å².